The van der Waals surface area contributed by atoms with Gasteiger partial charge in [-0.25, -0.2) is 4.79 Å². The van der Waals surface area contributed by atoms with Gasteiger partial charge in [0, 0.05) is 19.3 Å². The molecule has 1 aromatic heterocycles. The van der Waals surface area contributed by atoms with Crippen LogP contribution in [0.1, 0.15) is 18.9 Å². The molecule has 1 N–H and O–H groups in total. The number of para-hydroxylation sites is 2. The molecule has 0 radical (unpaired) electrons. The predicted molar refractivity (Wildman–Crippen MR) is 114 cm³/mol. The number of aromatic nitrogens is 2. The number of rotatable bonds is 7. The van der Waals surface area contributed by atoms with E-state index in [1.165, 1.54) is 9.47 Å². The topological polar surface area (TPSA) is 76.3 Å². The average Bonchev–Trinajstić information content (AvgIpc) is 2.96. The number of fused-ring (bicyclic) bond motifs is 1. The maximum Gasteiger partial charge on any atom is 0.329 e. The number of anilines is 1. The van der Waals surface area contributed by atoms with E-state index in [9.17, 15) is 14.4 Å². The van der Waals surface area contributed by atoms with Crippen molar-refractivity contribution in [1.82, 2.24) is 14.0 Å². The number of likely N-dealkylation sites (N-methyl/N-ethyl adjacent to an activating group) is 1. The minimum atomic E-state index is -0.300. The lowest BCUT2D eigenvalue weighted by molar-refractivity contribution is -0.133. The maximum atomic E-state index is 12.8. The molecule has 0 unspecified atom stereocenters. The quantitative estimate of drug-likeness (QED) is 0.669. The summed E-state index contributed by atoms with van der Waals surface area (Å²) < 4.78 is 3.16. The molecule has 0 aliphatic carbocycles. The van der Waals surface area contributed by atoms with E-state index < -0.39 is 0 Å². The number of hydrogen-bond acceptors (Lipinski definition) is 3. The first-order valence-corrected chi connectivity index (χ1v) is 9.69. The summed E-state index contributed by atoms with van der Waals surface area (Å²) >= 11 is 0. The van der Waals surface area contributed by atoms with E-state index in [0.29, 0.717) is 12.2 Å². The third-order valence-corrected chi connectivity index (χ3v) is 4.81. The summed E-state index contributed by atoms with van der Waals surface area (Å²) in [6.45, 7) is 4.37. The highest BCUT2D eigenvalue weighted by Gasteiger charge is 2.18. The van der Waals surface area contributed by atoms with Crippen LogP contribution in [0.3, 0.4) is 0 Å². The summed E-state index contributed by atoms with van der Waals surface area (Å²) in [5.41, 5.74) is 3.10. The molecular weight excluding hydrogens is 368 g/mol. The van der Waals surface area contributed by atoms with Crippen molar-refractivity contribution in [1.29, 1.82) is 0 Å². The van der Waals surface area contributed by atoms with Crippen molar-refractivity contribution in [3.05, 3.63) is 64.6 Å². The highest BCUT2D eigenvalue weighted by molar-refractivity contribution is 5.94. The normalized spacial score (nSPS) is 10.9. The first-order chi connectivity index (χ1) is 13.9. The zero-order valence-corrected chi connectivity index (χ0v) is 17.0. The van der Waals surface area contributed by atoms with Crippen LogP contribution in [-0.2, 0) is 22.7 Å². The Balaban J connectivity index is 1.71. The van der Waals surface area contributed by atoms with Crippen LogP contribution in [0, 0.1) is 6.92 Å². The van der Waals surface area contributed by atoms with E-state index in [4.69, 9.17) is 0 Å². The van der Waals surface area contributed by atoms with E-state index in [1.807, 2.05) is 62.4 Å². The second-order valence-electron chi connectivity index (χ2n) is 7.17. The van der Waals surface area contributed by atoms with Crippen molar-refractivity contribution >= 4 is 28.5 Å². The standard InChI is InChI=1S/C22H26N4O3/c1-4-13-25-18-7-5-6-8-19(18)26(22(25)29)15-21(28)24(3)14-20(27)23-17-11-9-16(2)10-12-17/h5-12H,4,13-15H2,1-3H3,(H,23,27). The van der Waals surface area contributed by atoms with Gasteiger partial charge in [-0.05, 0) is 37.6 Å². The number of aryl methyl sites for hydroxylation is 2. The fourth-order valence-corrected chi connectivity index (χ4v) is 3.26. The number of imidazole rings is 1. The lowest BCUT2D eigenvalue weighted by Gasteiger charge is -2.17. The number of carbonyl (C=O) groups excluding carboxylic acids is 2. The molecule has 0 spiro atoms. The molecule has 0 saturated heterocycles. The van der Waals surface area contributed by atoms with Crippen molar-refractivity contribution < 1.29 is 9.59 Å². The minimum absolute atomic E-state index is 0.0882. The zero-order chi connectivity index (χ0) is 21.0. The Bertz CT molecular complexity index is 1080. The van der Waals surface area contributed by atoms with Gasteiger partial charge < -0.3 is 10.2 Å². The monoisotopic (exact) mass is 394 g/mol. The molecule has 152 valence electrons. The van der Waals surface area contributed by atoms with Gasteiger partial charge in [-0.3, -0.25) is 18.7 Å². The summed E-state index contributed by atoms with van der Waals surface area (Å²) in [5, 5.41) is 2.78. The predicted octanol–water partition coefficient (Wildman–Crippen LogP) is 2.62. The molecule has 29 heavy (non-hydrogen) atoms. The third-order valence-electron chi connectivity index (χ3n) is 4.81. The molecule has 2 aromatic carbocycles. The lowest BCUT2D eigenvalue weighted by atomic mass is 10.2. The molecule has 0 saturated carbocycles. The van der Waals surface area contributed by atoms with E-state index in [2.05, 4.69) is 5.32 Å². The van der Waals surface area contributed by atoms with Crippen LogP contribution >= 0.6 is 0 Å². The molecule has 7 nitrogen and oxygen atoms in total. The first kappa shape index (κ1) is 20.4. The van der Waals surface area contributed by atoms with Crippen LogP contribution in [0.15, 0.2) is 53.3 Å². The van der Waals surface area contributed by atoms with Crippen molar-refractivity contribution in [3.8, 4) is 0 Å². The maximum absolute atomic E-state index is 12.8. The molecule has 1 heterocycles. The van der Waals surface area contributed by atoms with Gasteiger partial charge in [0.25, 0.3) is 0 Å². The minimum Gasteiger partial charge on any atom is -0.335 e. The molecule has 3 rings (SSSR count). The highest BCUT2D eigenvalue weighted by atomic mass is 16.2. The summed E-state index contributed by atoms with van der Waals surface area (Å²) in [6.07, 6.45) is 0.820. The van der Waals surface area contributed by atoms with Crippen LogP contribution in [0.5, 0.6) is 0 Å². The van der Waals surface area contributed by atoms with Gasteiger partial charge in [-0.15, -0.1) is 0 Å². The van der Waals surface area contributed by atoms with Gasteiger partial charge in [0.1, 0.15) is 6.54 Å². The second-order valence-corrected chi connectivity index (χ2v) is 7.17. The Morgan fingerprint density at radius 1 is 1.00 bits per heavy atom. The fraction of sp³-hybridized carbons (Fsp3) is 0.318. The van der Waals surface area contributed by atoms with Crippen LogP contribution in [0.25, 0.3) is 11.0 Å². The number of benzene rings is 2. The first-order valence-electron chi connectivity index (χ1n) is 9.69. The Hall–Kier alpha value is -3.35. The van der Waals surface area contributed by atoms with Crippen LogP contribution < -0.4 is 11.0 Å². The number of amides is 2. The fourth-order valence-electron chi connectivity index (χ4n) is 3.26. The molecule has 2 amide bonds. The van der Waals surface area contributed by atoms with Crippen molar-refractivity contribution in [2.24, 2.45) is 0 Å². The van der Waals surface area contributed by atoms with Gasteiger partial charge in [-0.2, -0.15) is 0 Å². The van der Waals surface area contributed by atoms with Crippen molar-refractivity contribution in [2.75, 3.05) is 18.9 Å². The lowest BCUT2D eigenvalue weighted by Crippen LogP contribution is -2.38. The van der Waals surface area contributed by atoms with Crippen molar-refractivity contribution in [2.45, 2.75) is 33.4 Å². The van der Waals surface area contributed by atoms with Gasteiger partial charge in [0.05, 0.1) is 17.6 Å². The molecule has 0 bridgehead atoms. The van der Waals surface area contributed by atoms with E-state index in [1.54, 1.807) is 11.6 Å². The van der Waals surface area contributed by atoms with E-state index >= 15 is 0 Å². The van der Waals surface area contributed by atoms with Crippen LogP contribution in [0.2, 0.25) is 0 Å². The molecule has 0 aliphatic rings. The molecule has 3 aromatic rings. The van der Waals surface area contributed by atoms with Crippen LogP contribution in [-0.4, -0.2) is 39.4 Å². The molecule has 0 atom stereocenters. The average molecular weight is 394 g/mol. The summed E-state index contributed by atoms with van der Waals surface area (Å²) in [4.78, 5) is 39.1. The molecule has 7 heteroatoms. The molecule has 0 fully saturated rings. The van der Waals surface area contributed by atoms with Crippen LogP contribution in [0.4, 0.5) is 5.69 Å². The SMILES string of the molecule is CCCn1c(=O)n(CC(=O)N(C)CC(=O)Nc2ccc(C)cc2)c2ccccc21. The third kappa shape index (κ3) is 4.56. The number of hydrogen-bond donors (Lipinski definition) is 1. The van der Waals surface area contributed by atoms with Crippen molar-refractivity contribution in [3.63, 3.8) is 0 Å². The Labute approximate surface area is 169 Å². The Kier molecular flexibility index (Phi) is 6.16. The summed E-state index contributed by atoms with van der Waals surface area (Å²) in [7, 11) is 1.56. The zero-order valence-electron chi connectivity index (χ0n) is 17.0. The van der Waals surface area contributed by atoms with E-state index in [-0.39, 0.29) is 30.6 Å². The number of nitrogens with zero attached hydrogens (tertiary/aromatic N) is 3. The van der Waals surface area contributed by atoms with Gasteiger partial charge in [-0.1, -0.05) is 36.8 Å². The Morgan fingerprint density at radius 3 is 2.24 bits per heavy atom. The molecular formula is C22H26N4O3. The molecule has 0 aliphatic heterocycles. The van der Waals surface area contributed by atoms with E-state index in [0.717, 1.165) is 23.0 Å². The smallest absolute Gasteiger partial charge is 0.329 e. The number of nitrogens with one attached hydrogen (secondary N) is 1. The van der Waals surface area contributed by atoms with Gasteiger partial charge >= 0.3 is 5.69 Å². The summed E-state index contributed by atoms with van der Waals surface area (Å²) in [6, 6.07) is 14.9. The number of carbonyl (C=O) groups is 2. The van der Waals surface area contributed by atoms with Gasteiger partial charge in [0.15, 0.2) is 0 Å². The Morgan fingerprint density at radius 2 is 1.62 bits per heavy atom. The van der Waals surface area contributed by atoms with Gasteiger partial charge in [0.2, 0.25) is 11.8 Å². The largest absolute Gasteiger partial charge is 0.335 e. The highest BCUT2D eigenvalue weighted by Crippen LogP contribution is 2.13. The summed E-state index contributed by atoms with van der Waals surface area (Å²) in [5.74, 6) is -0.587. The second kappa shape index (κ2) is 8.77.